The zero-order chi connectivity index (χ0) is 21.5. The Morgan fingerprint density at radius 2 is 1.83 bits per heavy atom. The number of carbonyl (C=O) groups excluding carboxylic acids is 1. The molecular formula is C25H34N2O3. The van der Waals surface area contributed by atoms with Gasteiger partial charge in [0.2, 0.25) is 5.91 Å². The van der Waals surface area contributed by atoms with Crippen LogP contribution < -0.4 is 14.8 Å². The van der Waals surface area contributed by atoms with Crippen LogP contribution in [0.2, 0.25) is 0 Å². The summed E-state index contributed by atoms with van der Waals surface area (Å²) in [6.45, 7) is 9.31. The van der Waals surface area contributed by atoms with Gasteiger partial charge in [0.15, 0.2) is 0 Å². The molecule has 1 heterocycles. The van der Waals surface area contributed by atoms with Crippen molar-refractivity contribution in [3.63, 3.8) is 0 Å². The Morgan fingerprint density at radius 1 is 1.13 bits per heavy atom. The molecule has 1 fully saturated rings. The van der Waals surface area contributed by atoms with Crippen LogP contribution in [0, 0.1) is 19.8 Å². The fourth-order valence-electron chi connectivity index (χ4n) is 3.72. The highest BCUT2D eigenvalue weighted by Gasteiger charge is 2.23. The lowest BCUT2D eigenvalue weighted by atomic mass is 10.0. The summed E-state index contributed by atoms with van der Waals surface area (Å²) in [7, 11) is 1.69. The molecule has 2 aromatic carbocycles. The molecule has 5 heteroatoms. The van der Waals surface area contributed by atoms with Crippen molar-refractivity contribution in [2.45, 2.75) is 46.2 Å². The number of aryl methyl sites for hydroxylation is 2. The highest BCUT2D eigenvalue weighted by Crippen LogP contribution is 2.20. The molecule has 1 amide bonds. The first-order valence-corrected chi connectivity index (χ1v) is 10.8. The van der Waals surface area contributed by atoms with Crippen LogP contribution in [-0.2, 0) is 11.3 Å². The number of nitrogens with one attached hydrogen (secondary N) is 1. The predicted octanol–water partition coefficient (Wildman–Crippen LogP) is 4.11. The monoisotopic (exact) mass is 410 g/mol. The van der Waals surface area contributed by atoms with Crippen molar-refractivity contribution < 1.29 is 14.3 Å². The second-order valence-electron chi connectivity index (χ2n) is 8.39. The number of piperidine rings is 1. The number of hydrogen-bond acceptors (Lipinski definition) is 4. The molecule has 0 bridgehead atoms. The largest absolute Gasteiger partial charge is 0.497 e. The summed E-state index contributed by atoms with van der Waals surface area (Å²) in [6, 6.07) is 14.6. The van der Waals surface area contributed by atoms with Gasteiger partial charge in [-0.05, 0) is 61.6 Å². The first kappa shape index (κ1) is 22.2. The number of hydrogen-bond donors (Lipinski definition) is 1. The quantitative estimate of drug-likeness (QED) is 0.712. The number of carbonyl (C=O) groups is 1. The van der Waals surface area contributed by atoms with Gasteiger partial charge < -0.3 is 14.8 Å². The molecule has 0 aromatic heterocycles. The molecule has 1 atom stereocenters. The van der Waals surface area contributed by atoms with Crippen molar-refractivity contribution in [3.05, 3.63) is 59.2 Å². The third-order valence-corrected chi connectivity index (χ3v) is 5.78. The average molecular weight is 411 g/mol. The Bertz CT molecular complexity index is 827. The summed E-state index contributed by atoms with van der Waals surface area (Å²) in [5, 5.41) is 3.22. The molecule has 1 saturated heterocycles. The number of ether oxygens (including phenoxy) is 2. The van der Waals surface area contributed by atoms with Gasteiger partial charge in [-0.2, -0.15) is 0 Å². The maximum Gasteiger partial charge on any atom is 0.226 e. The normalized spacial score (nSPS) is 16.1. The Balaban J connectivity index is 1.40. The lowest BCUT2D eigenvalue weighted by molar-refractivity contribution is -0.126. The second kappa shape index (κ2) is 10.5. The minimum Gasteiger partial charge on any atom is -0.497 e. The van der Waals surface area contributed by atoms with E-state index in [2.05, 4.69) is 34.5 Å². The standard InChI is InChI=1S/C25H34N2O3/c1-18-5-6-19(2)24(15-18)30-17-20(3)25(28)26-22-11-13-27(14-12-22)16-21-7-9-23(29-4)10-8-21/h5-10,15,20,22H,11-14,16-17H2,1-4H3,(H,26,28). The highest BCUT2D eigenvalue weighted by molar-refractivity contribution is 5.78. The van der Waals surface area contributed by atoms with E-state index in [1.807, 2.05) is 39.0 Å². The summed E-state index contributed by atoms with van der Waals surface area (Å²) in [5.74, 6) is 1.65. The van der Waals surface area contributed by atoms with Crippen molar-refractivity contribution in [1.82, 2.24) is 10.2 Å². The van der Waals surface area contributed by atoms with Crippen molar-refractivity contribution in [2.75, 3.05) is 26.8 Å². The first-order valence-electron chi connectivity index (χ1n) is 10.8. The maximum absolute atomic E-state index is 12.6. The van der Waals surface area contributed by atoms with Crippen LogP contribution in [0.4, 0.5) is 0 Å². The zero-order valence-corrected chi connectivity index (χ0v) is 18.6. The lowest BCUT2D eigenvalue weighted by Crippen LogP contribution is -2.46. The Hall–Kier alpha value is -2.53. The Morgan fingerprint density at radius 3 is 2.50 bits per heavy atom. The molecule has 5 nitrogen and oxygen atoms in total. The number of amides is 1. The van der Waals surface area contributed by atoms with E-state index in [1.165, 1.54) is 5.56 Å². The molecule has 1 unspecified atom stereocenters. The molecule has 2 aromatic rings. The SMILES string of the molecule is COc1ccc(CN2CCC(NC(=O)C(C)COc3cc(C)ccc3C)CC2)cc1. The summed E-state index contributed by atoms with van der Waals surface area (Å²) < 4.78 is 11.1. The predicted molar refractivity (Wildman–Crippen MR) is 120 cm³/mol. The highest BCUT2D eigenvalue weighted by atomic mass is 16.5. The van der Waals surface area contributed by atoms with Crippen LogP contribution in [0.1, 0.15) is 36.5 Å². The molecule has 30 heavy (non-hydrogen) atoms. The van der Waals surface area contributed by atoms with Gasteiger partial charge in [0.1, 0.15) is 11.5 Å². The fraction of sp³-hybridized carbons (Fsp3) is 0.480. The van der Waals surface area contributed by atoms with Crippen molar-refractivity contribution in [1.29, 1.82) is 0 Å². The third kappa shape index (κ3) is 6.23. The van der Waals surface area contributed by atoms with Gasteiger partial charge in [-0.3, -0.25) is 9.69 Å². The zero-order valence-electron chi connectivity index (χ0n) is 18.6. The van der Waals surface area contributed by atoms with Gasteiger partial charge in [0.05, 0.1) is 19.6 Å². The minimum absolute atomic E-state index is 0.0777. The molecule has 0 saturated carbocycles. The van der Waals surface area contributed by atoms with Gasteiger partial charge in [-0.25, -0.2) is 0 Å². The number of methoxy groups -OCH3 is 1. The molecule has 1 aliphatic heterocycles. The van der Waals surface area contributed by atoms with Crippen LogP contribution in [0.15, 0.2) is 42.5 Å². The van der Waals surface area contributed by atoms with Crippen LogP contribution in [0.5, 0.6) is 11.5 Å². The maximum atomic E-state index is 12.6. The van der Waals surface area contributed by atoms with Crippen molar-refractivity contribution >= 4 is 5.91 Å². The van der Waals surface area contributed by atoms with E-state index in [0.29, 0.717) is 6.61 Å². The van der Waals surface area contributed by atoms with Crippen LogP contribution in [-0.4, -0.2) is 43.7 Å². The van der Waals surface area contributed by atoms with Gasteiger partial charge in [0.25, 0.3) is 0 Å². The van der Waals surface area contributed by atoms with Gasteiger partial charge in [0, 0.05) is 25.7 Å². The topological polar surface area (TPSA) is 50.8 Å². The summed E-state index contributed by atoms with van der Waals surface area (Å²) in [6.07, 6.45) is 1.96. The van der Waals surface area contributed by atoms with Gasteiger partial charge >= 0.3 is 0 Å². The van der Waals surface area contributed by atoms with Crippen LogP contribution in [0.25, 0.3) is 0 Å². The number of nitrogens with zero attached hydrogens (tertiary/aromatic N) is 1. The molecule has 1 N–H and O–H groups in total. The Kier molecular flexibility index (Phi) is 7.75. The fourth-order valence-corrected chi connectivity index (χ4v) is 3.72. The summed E-state index contributed by atoms with van der Waals surface area (Å²) in [4.78, 5) is 15.0. The summed E-state index contributed by atoms with van der Waals surface area (Å²) >= 11 is 0. The minimum atomic E-state index is -0.178. The number of likely N-dealkylation sites (tertiary alicyclic amines) is 1. The first-order chi connectivity index (χ1) is 14.4. The third-order valence-electron chi connectivity index (χ3n) is 5.78. The molecule has 1 aliphatic rings. The lowest BCUT2D eigenvalue weighted by Gasteiger charge is -2.33. The van der Waals surface area contributed by atoms with Crippen molar-refractivity contribution in [3.8, 4) is 11.5 Å². The van der Waals surface area contributed by atoms with E-state index in [1.54, 1.807) is 7.11 Å². The molecule has 0 radical (unpaired) electrons. The van der Waals surface area contributed by atoms with E-state index in [-0.39, 0.29) is 17.9 Å². The summed E-state index contributed by atoms with van der Waals surface area (Å²) in [5.41, 5.74) is 3.54. The Labute approximate surface area is 180 Å². The molecule has 3 rings (SSSR count). The number of rotatable bonds is 8. The van der Waals surface area contributed by atoms with E-state index in [0.717, 1.165) is 55.1 Å². The van der Waals surface area contributed by atoms with Crippen LogP contribution >= 0.6 is 0 Å². The average Bonchev–Trinajstić information content (AvgIpc) is 2.76. The molecule has 0 aliphatic carbocycles. The van der Waals surface area contributed by atoms with E-state index >= 15 is 0 Å². The smallest absolute Gasteiger partial charge is 0.226 e. The van der Waals surface area contributed by atoms with E-state index in [4.69, 9.17) is 9.47 Å². The molecule has 0 spiro atoms. The number of benzene rings is 2. The van der Waals surface area contributed by atoms with Gasteiger partial charge in [-0.1, -0.05) is 31.2 Å². The second-order valence-corrected chi connectivity index (χ2v) is 8.39. The van der Waals surface area contributed by atoms with Crippen LogP contribution in [0.3, 0.4) is 0 Å². The molecule has 162 valence electrons. The van der Waals surface area contributed by atoms with Gasteiger partial charge in [-0.15, -0.1) is 0 Å². The van der Waals surface area contributed by atoms with Crippen molar-refractivity contribution in [2.24, 2.45) is 5.92 Å². The molecular weight excluding hydrogens is 376 g/mol. The van der Waals surface area contributed by atoms with E-state index in [9.17, 15) is 4.79 Å². The van der Waals surface area contributed by atoms with E-state index < -0.39 is 0 Å².